The molecule has 0 aliphatic rings. The Kier molecular flexibility index (Phi) is 8.40. The lowest BCUT2D eigenvalue weighted by Gasteiger charge is -2.22. The predicted octanol–water partition coefficient (Wildman–Crippen LogP) is 3.84. The summed E-state index contributed by atoms with van der Waals surface area (Å²) < 4.78 is 10.5. The van der Waals surface area contributed by atoms with Crippen LogP contribution < -0.4 is 0 Å². The molecule has 0 heterocycles. The van der Waals surface area contributed by atoms with Crippen molar-refractivity contribution < 1.29 is 29.0 Å². The second-order valence-electron chi connectivity index (χ2n) is 7.24. The van der Waals surface area contributed by atoms with E-state index >= 15 is 0 Å². The van der Waals surface area contributed by atoms with Crippen LogP contribution in [0, 0.1) is 17.8 Å². The first-order chi connectivity index (χ1) is 13.9. The standard InChI is InChI=1S/C23H26O6/c1-16(2)13-19(21(24)25)20(22(26)28-14-17-9-5-3-6-10-17)23(27)29-15-18-11-7-4-8-12-18/h3-12,16,19-20H,13-15H2,1-2H3,(H,24,25). The van der Waals surface area contributed by atoms with Crippen LogP contribution in [0.25, 0.3) is 0 Å². The highest BCUT2D eigenvalue weighted by molar-refractivity contribution is 5.98. The monoisotopic (exact) mass is 398 g/mol. The molecular weight excluding hydrogens is 372 g/mol. The lowest BCUT2D eigenvalue weighted by Crippen LogP contribution is -2.39. The van der Waals surface area contributed by atoms with Crippen molar-refractivity contribution in [2.24, 2.45) is 17.8 Å². The van der Waals surface area contributed by atoms with Crippen molar-refractivity contribution in [3.05, 3.63) is 71.8 Å². The Morgan fingerprint density at radius 3 is 1.55 bits per heavy atom. The zero-order valence-corrected chi connectivity index (χ0v) is 16.6. The Morgan fingerprint density at radius 2 is 1.21 bits per heavy atom. The van der Waals surface area contributed by atoms with Gasteiger partial charge < -0.3 is 14.6 Å². The summed E-state index contributed by atoms with van der Waals surface area (Å²) >= 11 is 0. The fourth-order valence-electron chi connectivity index (χ4n) is 2.95. The van der Waals surface area contributed by atoms with Crippen molar-refractivity contribution in [2.75, 3.05) is 0 Å². The Hall–Kier alpha value is -3.15. The summed E-state index contributed by atoms with van der Waals surface area (Å²) in [6.07, 6.45) is 0.154. The summed E-state index contributed by atoms with van der Waals surface area (Å²) in [6.45, 7) is 3.57. The number of ether oxygens (including phenoxy) is 2. The predicted molar refractivity (Wildman–Crippen MR) is 107 cm³/mol. The smallest absolute Gasteiger partial charge is 0.321 e. The third-order valence-electron chi connectivity index (χ3n) is 4.40. The minimum absolute atomic E-state index is 0.0255. The quantitative estimate of drug-likeness (QED) is 0.483. The molecule has 154 valence electrons. The molecule has 2 aromatic carbocycles. The summed E-state index contributed by atoms with van der Waals surface area (Å²) in [7, 11) is 0. The molecule has 29 heavy (non-hydrogen) atoms. The van der Waals surface area contributed by atoms with E-state index in [0.717, 1.165) is 11.1 Å². The molecular formula is C23H26O6. The topological polar surface area (TPSA) is 89.9 Å². The summed E-state index contributed by atoms with van der Waals surface area (Å²) in [5.41, 5.74) is 1.49. The number of hydrogen-bond donors (Lipinski definition) is 1. The van der Waals surface area contributed by atoms with E-state index in [1.807, 2.05) is 26.0 Å². The van der Waals surface area contributed by atoms with Gasteiger partial charge in [-0.2, -0.15) is 0 Å². The highest BCUT2D eigenvalue weighted by Crippen LogP contribution is 2.25. The number of esters is 2. The summed E-state index contributed by atoms with van der Waals surface area (Å²) in [5, 5.41) is 9.65. The van der Waals surface area contributed by atoms with E-state index in [1.54, 1.807) is 48.5 Å². The molecule has 1 unspecified atom stereocenters. The van der Waals surface area contributed by atoms with Gasteiger partial charge in [0.05, 0.1) is 5.92 Å². The van der Waals surface area contributed by atoms with Gasteiger partial charge in [0.15, 0.2) is 5.92 Å². The van der Waals surface area contributed by atoms with Crippen LogP contribution in [0.3, 0.4) is 0 Å². The maximum atomic E-state index is 12.7. The molecule has 0 saturated heterocycles. The second-order valence-corrected chi connectivity index (χ2v) is 7.24. The Labute approximate surface area is 170 Å². The molecule has 0 amide bonds. The lowest BCUT2D eigenvalue weighted by atomic mass is 9.85. The SMILES string of the molecule is CC(C)CC(C(=O)O)C(C(=O)OCc1ccccc1)C(=O)OCc1ccccc1. The van der Waals surface area contributed by atoms with E-state index in [9.17, 15) is 19.5 Å². The first-order valence-electron chi connectivity index (χ1n) is 9.52. The van der Waals surface area contributed by atoms with Crippen molar-refractivity contribution in [3.63, 3.8) is 0 Å². The Morgan fingerprint density at radius 1 is 0.793 bits per heavy atom. The lowest BCUT2D eigenvalue weighted by molar-refractivity contribution is -0.172. The van der Waals surface area contributed by atoms with E-state index in [2.05, 4.69) is 0 Å². The molecule has 0 aliphatic heterocycles. The minimum atomic E-state index is -1.53. The molecule has 0 aliphatic carbocycles. The Bertz CT molecular complexity index is 745. The van der Waals surface area contributed by atoms with Crippen LogP contribution in [-0.4, -0.2) is 23.0 Å². The molecule has 0 bridgehead atoms. The Balaban J connectivity index is 2.15. The molecule has 0 saturated carbocycles. The normalized spacial score (nSPS) is 11.9. The van der Waals surface area contributed by atoms with Crippen molar-refractivity contribution >= 4 is 17.9 Å². The maximum absolute atomic E-state index is 12.7. The van der Waals surface area contributed by atoms with Gasteiger partial charge in [-0.15, -0.1) is 0 Å². The van der Waals surface area contributed by atoms with Crippen LogP contribution in [0.5, 0.6) is 0 Å². The van der Waals surface area contributed by atoms with Gasteiger partial charge in [-0.25, -0.2) is 0 Å². The molecule has 6 heteroatoms. The minimum Gasteiger partial charge on any atom is -0.481 e. The van der Waals surface area contributed by atoms with Crippen LogP contribution in [0.4, 0.5) is 0 Å². The molecule has 1 atom stereocenters. The molecule has 0 aromatic heterocycles. The fraction of sp³-hybridized carbons (Fsp3) is 0.348. The average molecular weight is 398 g/mol. The van der Waals surface area contributed by atoms with E-state index in [4.69, 9.17) is 9.47 Å². The number of rotatable bonds is 10. The third kappa shape index (κ3) is 7.07. The molecule has 0 spiro atoms. The first-order valence-corrected chi connectivity index (χ1v) is 9.52. The number of aliphatic carboxylic acids is 1. The maximum Gasteiger partial charge on any atom is 0.321 e. The molecule has 2 aromatic rings. The number of benzene rings is 2. The number of hydrogen-bond acceptors (Lipinski definition) is 5. The number of carboxylic acid groups (broad SMARTS) is 1. The van der Waals surface area contributed by atoms with Gasteiger partial charge in [-0.1, -0.05) is 74.5 Å². The molecule has 0 fully saturated rings. The molecule has 1 N–H and O–H groups in total. The first kappa shape index (κ1) is 22.1. The third-order valence-corrected chi connectivity index (χ3v) is 4.40. The highest BCUT2D eigenvalue weighted by atomic mass is 16.6. The van der Waals surface area contributed by atoms with Gasteiger partial charge in [0.25, 0.3) is 0 Å². The number of carbonyl (C=O) groups is 3. The van der Waals surface area contributed by atoms with Crippen LogP contribution in [-0.2, 0) is 37.1 Å². The fourth-order valence-corrected chi connectivity index (χ4v) is 2.95. The zero-order valence-electron chi connectivity index (χ0n) is 16.6. The molecule has 0 radical (unpaired) electrons. The van der Waals surface area contributed by atoms with Gasteiger partial charge in [0.1, 0.15) is 13.2 Å². The van der Waals surface area contributed by atoms with Crippen molar-refractivity contribution in [3.8, 4) is 0 Å². The van der Waals surface area contributed by atoms with Crippen LogP contribution in [0.2, 0.25) is 0 Å². The molecule has 6 nitrogen and oxygen atoms in total. The molecule has 2 rings (SSSR count). The van der Waals surface area contributed by atoms with Gasteiger partial charge in [0, 0.05) is 0 Å². The second kappa shape index (κ2) is 11.0. The van der Waals surface area contributed by atoms with Crippen molar-refractivity contribution in [2.45, 2.75) is 33.5 Å². The van der Waals surface area contributed by atoms with Crippen molar-refractivity contribution in [1.29, 1.82) is 0 Å². The largest absolute Gasteiger partial charge is 0.481 e. The van der Waals surface area contributed by atoms with E-state index in [-0.39, 0.29) is 25.6 Å². The van der Waals surface area contributed by atoms with E-state index < -0.39 is 29.7 Å². The number of carbonyl (C=O) groups excluding carboxylic acids is 2. The summed E-state index contributed by atoms with van der Waals surface area (Å²) in [4.78, 5) is 37.2. The van der Waals surface area contributed by atoms with Crippen LogP contribution >= 0.6 is 0 Å². The summed E-state index contributed by atoms with van der Waals surface area (Å²) in [6, 6.07) is 18.0. The van der Waals surface area contributed by atoms with Gasteiger partial charge in [-0.3, -0.25) is 14.4 Å². The highest BCUT2D eigenvalue weighted by Gasteiger charge is 2.42. The zero-order chi connectivity index (χ0) is 21.2. The van der Waals surface area contributed by atoms with E-state index in [1.165, 1.54) is 0 Å². The van der Waals surface area contributed by atoms with Gasteiger partial charge in [0.2, 0.25) is 0 Å². The van der Waals surface area contributed by atoms with Crippen molar-refractivity contribution in [1.82, 2.24) is 0 Å². The van der Waals surface area contributed by atoms with Crippen LogP contribution in [0.15, 0.2) is 60.7 Å². The summed E-state index contributed by atoms with van der Waals surface area (Å²) in [5.74, 6) is -5.77. The van der Waals surface area contributed by atoms with Gasteiger partial charge in [-0.05, 0) is 23.5 Å². The van der Waals surface area contributed by atoms with Crippen LogP contribution in [0.1, 0.15) is 31.4 Å². The average Bonchev–Trinajstić information content (AvgIpc) is 2.71. The number of carboxylic acids is 1. The van der Waals surface area contributed by atoms with Gasteiger partial charge >= 0.3 is 17.9 Å². The van der Waals surface area contributed by atoms with E-state index in [0.29, 0.717) is 0 Å².